The molecule has 0 aliphatic heterocycles. The first kappa shape index (κ1) is 20.6. The molecule has 0 radical (unpaired) electrons. The van der Waals surface area contributed by atoms with E-state index in [1.54, 1.807) is 13.3 Å². The summed E-state index contributed by atoms with van der Waals surface area (Å²) in [5, 5.41) is 4.96. The van der Waals surface area contributed by atoms with Gasteiger partial charge < -0.3 is 14.2 Å². The van der Waals surface area contributed by atoms with Gasteiger partial charge in [0.25, 0.3) is 0 Å². The van der Waals surface area contributed by atoms with E-state index in [4.69, 9.17) is 25.8 Å². The number of nitrogens with zero attached hydrogens (tertiary/aromatic N) is 1. The van der Waals surface area contributed by atoms with E-state index < -0.39 is 0 Å². The topological polar surface area (TPSA) is 52.1 Å². The third kappa shape index (κ3) is 6.16. The van der Waals surface area contributed by atoms with Gasteiger partial charge in [0.2, 0.25) is 0 Å². The summed E-state index contributed by atoms with van der Waals surface area (Å²) in [6, 6.07) is 20.8. The van der Waals surface area contributed by atoms with Crippen molar-refractivity contribution in [2.45, 2.75) is 13.5 Å². The lowest BCUT2D eigenvalue weighted by Crippen LogP contribution is -2.00. The van der Waals surface area contributed by atoms with Gasteiger partial charge >= 0.3 is 0 Å². The number of halogens is 1. The van der Waals surface area contributed by atoms with E-state index in [2.05, 4.69) is 10.5 Å². The highest BCUT2D eigenvalue weighted by molar-refractivity contribution is 6.30. The SMILES string of the molecule is CCOc1cc(/C=N/Nc2ccc(OC)cc2)ccc1OCc1cccc(Cl)c1. The minimum absolute atomic E-state index is 0.410. The predicted molar refractivity (Wildman–Crippen MR) is 118 cm³/mol. The minimum Gasteiger partial charge on any atom is -0.497 e. The van der Waals surface area contributed by atoms with Crippen molar-refractivity contribution in [3.05, 3.63) is 82.9 Å². The molecule has 0 bridgehead atoms. The van der Waals surface area contributed by atoms with Crippen LogP contribution in [0.1, 0.15) is 18.1 Å². The van der Waals surface area contributed by atoms with Crippen LogP contribution in [0.2, 0.25) is 5.02 Å². The van der Waals surface area contributed by atoms with Crippen LogP contribution in [0.4, 0.5) is 5.69 Å². The van der Waals surface area contributed by atoms with Crippen LogP contribution in [0, 0.1) is 0 Å². The number of methoxy groups -OCH3 is 1. The van der Waals surface area contributed by atoms with Gasteiger partial charge in [-0.2, -0.15) is 5.10 Å². The molecule has 0 amide bonds. The molecular formula is C23H23ClN2O3. The summed E-state index contributed by atoms with van der Waals surface area (Å²) in [6.45, 7) is 2.89. The van der Waals surface area contributed by atoms with Crippen molar-refractivity contribution in [3.8, 4) is 17.2 Å². The fraction of sp³-hybridized carbons (Fsp3) is 0.174. The molecule has 0 spiro atoms. The van der Waals surface area contributed by atoms with Gasteiger partial charge in [-0.1, -0.05) is 23.7 Å². The molecule has 0 fully saturated rings. The largest absolute Gasteiger partial charge is 0.497 e. The smallest absolute Gasteiger partial charge is 0.161 e. The summed E-state index contributed by atoms with van der Waals surface area (Å²) < 4.78 is 16.8. The third-order valence-corrected chi connectivity index (χ3v) is 4.28. The Morgan fingerprint density at radius 3 is 2.52 bits per heavy atom. The van der Waals surface area contributed by atoms with Crippen molar-refractivity contribution in [3.63, 3.8) is 0 Å². The zero-order chi connectivity index (χ0) is 20.5. The Labute approximate surface area is 175 Å². The van der Waals surface area contributed by atoms with Gasteiger partial charge in [-0.05, 0) is 72.6 Å². The van der Waals surface area contributed by atoms with Gasteiger partial charge in [0.15, 0.2) is 11.5 Å². The highest BCUT2D eigenvalue weighted by Crippen LogP contribution is 2.29. The summed E-state index contributed by atoms with van der Waals surface area (Å²) in [4.78, 5) is 0. The van der Waals surface area contributed by atoms with Crippen molar-refractivity contribution < 1.29 is 14.2 Å². The monoisotopic (exact) mass is 410 g/mol. The van der Waals surface area contributed by atoms with E-state index >= 15 is 0 Å². The zero-order valence-electron chi connectivity index (χ0n) is 16.4. The molecule has 0 aliphatic carbocycles. The molecule has 0 unspecified atom stereocenters. The number of ether oxygens (including phenoxy) is 3. The molecule has 0 atom stereocenters. The molecule has 1 N–H and O–H groups in total. The Hall–Kier alpha value is -3.18. The molecule has 6 heteroatoms. The molecule has 3 aromatic rings. The maximum Gasteiger partial charge on any atom is 0.161 e. The lowest BCUT2D eigenvalue weighted by Gasteiger charge is -2.13. The van der Waals surface area contributed by atoms with Gasteiger partial charge in [0, 0.05) is 5.02 Å². The number of anilines is 1. The standard InChI is InChI=1S/C23H23ClN2O3/c1-3-28-23-14-17(15-25-26-20-8-10-21(27-2)11-9-20)7-12-22(23)29-16-18-5-4-6-19(24)13-18/h4-15,26H,3,16H2,1-2H3/b25-15+. The Morgan fingerprint density at radius 2 is 1.79 bits per heavy atom. The first-order valence-corrected chi connectivity index (χ1v) is 9.63. The highest BCUT2D eigenvalue weighted by Gasteiger charge is 2.07. The minimum atomic E-state index is 0.410. The second-order valence-corrected chi connectivity index (χ2v) is 6.59. The van der Waals surface area contributed by atoms with Gasteiger partial charge in [-0.15, -0.1) is 0 Å². The van der Waals surface area contributed by atoms with Crippen LogP contribution < -0.4 is 19.6 Å². The Balaban J connectivity index is 1.66. The first-order valence-electron chi connectivity index (χ1n) is 9.25. The van der Waals surface area contributed by atoms with Gasteiger partial charge in [0.05, 0.1) is 25.6 Å². The number of benzene rings is 3. The van der Waals surface area contributed by atoms with Crippen molar-refractivity contribution in [1.82, 2.24) is 0 Å². The summed E-state index contributed by atoms with van der Waals surface area (Å²) in [5.41, 5.74) is 5.75. The lowest BCUT2D eigenvalue weighted by molar-refractivity contribution is 0.269. The van der Waals surface area contributed by atoms with Gasteiger partial charge in [-0.25, -0.2) is 0 Å². The van der Waals surface area contributed by atoms with Crippen LogP contribution >= 0.6 is 11.6 Å². The number of hydrogen-bond acceptors (Lipinski definition) is 5. The number of hydrazone groups is 1. The Morgan fingerprint density at radius 1 is 0.966 bits per heavy atom. The molecule has 0 saturated carbocycles. The van der Waals surface area contributed by atoms with Gasteiger partial charge in [-0.3, -0.25) is 5.43 Å². The van der Waals surface area contributed by atoms with E-state index in [1.807, 2.05) is 73.7 Å². The summed E-state index contributed by atoms with van der Waals surface area (Å²) >= 11 is 6.03. The van der Waals surface area contributed by atoms with E-state index in [9.17, 15) is 0 Å². The second-order valence-electron chi connectivity index (χ2n) is 6.16. The molecular weight excluding hydrogens is 388 g/mol. The van der Waals surface area contributed by atoms with Gasteiger partial charge in [0.1, 0.15) is 12.4 Å². The maximum absolute atomic E-state index is 6.03. The summed E-state index contributed by atoms with van der Waals surface area (Å²) in [5.74, 6) is 2.14. The van der Waals surface area contributed by atoms with E-state index in [-0.39, 0.29) is 0 Å². The fourth-order valence-electron chi connectivity index (χ4n) is 2.63. The zero-order valence-corrected chi connectivity index (χ0v) is 17.1. The Kier molecular flexibility index (Phi) is 7.36. The molecule has 0 heterocycles. The van der Waals surface area contributed by atoms with E-state index in [0.717, 1.165) is 22.6 Å². The van der Waals surface area contributed by atoms with E-state index in [1.165, 1.54) is 0 Å². The maximum atomic E-state index is 6.03. The quantitative estimate of drug-likeness (QED) is 0.359. The van der Waals surface area contributed by atoms with Crippen LogP contribution in [0.15, 0.2) is 71.8 Å². The molecule has 0 saturated heterocycles. The molecule has 0 aromatic heterocycles. The van der Waals surface area contributed by atoms with Crippen molar-refractivity contribution in [2.24, 2.45) is 5.10 Å². The van der Waals surface area contributed by atoms with Crippen molar-refractivity contribution >= 4 is 23.5 Å². The third-order valence-electron chi connectivity index (χ3n) is 4.05. The Bertz CT molecular complexity index is 959. The highest BCUT2D eigenvalue weighted by atomic mass is 35.5. The fourth-order valence-corrected chi connectivity index (χ4v) is 2.84. The lowest BCUT2D eigenvalue weighted by atomic mass is 10.2. The van der Waals surface area contributed by atoms with Crippen LogP contribution in [-0.4, -0.2) is 19.9 Å². The number of hydrogen-bond donors (Lipinski definition) is 1. The van der Waals surface area contributed by atoms with Crippen molar-refractivity contribution in [2.75, 3.05) is 19.1 Å². The van der Waals surface area contributed by atoms with Crippen LogP contribution in [0.5, 0.6) is 17.2 Å². The molecule has 3 aromatic carbocycles. The normalized spacial score (nSPS) is 10.7. The summed E-state index contributed by atoms with van der Waals surface area (Å²) in [7, 11) is 1.64. The van der Waals surface area contributed by atoms with E-state index in [0.29, 0.717) is 29.7 Å². The van der Waals surface area contributed by atoms with Crippen molar-refractivity contribution in [1.29, 1.82) is 0 Å². The summed E-state index contributed by atoms with van der Waals surface area (Å²) in [6.07, 6.45) is 1.73. The number of nitrogens with one attached hydrogen (secondary N) is 1. The number of rotatable bonds is 9. The molecule has 5 nitrogen and oxygen atoms in total. The van der Waals surface area contributed by atoms with Crippen LogP contribution in [0.25, 0.3) is 0 Å². The average molecular weight is 411 g/mol. The molecule has 150 valence electrons. The van der Waals surface area contributed by atoms with Crippen LogP contribution in [0.3, 0.4) is 0 Å². The predicted octanol–water partition coefficient (Wildman–Crippen LogP) is 5.77. The van der Waals surface area contributed by atoms with Crippen LogP contribution in [-0.2, 0) is 6.61 Å². The second kappa shape index (κ2) is 10.4. The molecule has 3 rings (SSSR count). The molecule has 0 aliphatic rings. The average Bonchev–Trinajstić information content (AvgIpc) is 2.74. The molecule has 29 heavy (non-hydrogen) atoms. The first-order chi connectivity index (χ1) is 14.2.